The Hall–Kier alpha value is -0.880. The van der Waals surface area contributed by atoms with Crippen LogP contribution in [0.4, 0.5) is 0 Å². The molecule has 1 N–H and O–H groups in total. The normalized spacial score (nSPS) is 20.1. The van der Waals surface area contributed by atoms with E-state index < -0.39 is 12.0 Å². The van der Waals surface area contributed by atoms with Crippen LogP contribution in [-0.4, -0.2) is 34.5 Å². The first-order valence-corrected chi connectivity index (χ1v) is 6.49. The Bertz CT molecular complexity index is 431. The first-order valence-electron chi connectivity index (χ1n) is 4.88. The van der Waals surface area contributed by atoms with E-state index in [9.17, 15) is 9.59 Å². The van der Waals surface area contributed by atoms with Gasteiger partial charge in [0, 0.05) is 6.54 Å². The van der Waals surface area contributed by atoms with Crippen LogP contribution in [0.25, 0.3) is 0 Å². The summed E-state index contributed by atoms with van der Waals surface area (Å²) in [6.45, 7) is 0.533. The van der Waals surface area contributed by atoms with E-state index in [1.54, 1.807) is 12.1 Å². The molecule has 2 heterocycles. The van der Waals surface area contributed by atoms with Crippen molar-refractivity contribution in [2.75, 3.05) is 6.54 Å². The number of likely N-dealkylation sites (tertiary alicyclic amines) is 1. The number of carbonyl (C=O) groups is 2. The number of rotatable bonds is 2. The maximum absolute atomic E-state index is 12.0. The lowest BCUT2D eigenvalue weighted by Gasteiger charge is -2.20. The van der Waals surface area contributed by atoms with Crippen molar-refractivity contribution < 1.29 is 14.7 Å². The van der Waals surface area contributed by atoms with Gasteiger partial charge in [-0.1, -0.05) is 0 Å². The summed E-state index contributed by atoms with van der Waals surface area (Å²) in [6, 6.07) is 2.85. The van der Waals surface area contributed by atoms with Crippen molar-refractivity contribution in [3.05, 3.63) is 20.8 Å². The molecule has 0 aliphatic carbocycles. The summed E-state index contributed by atoms with van der Waals surface area (Å²) >= 11 is 4.61. The molecule has 86 valence electrons. The number of thiophene rings is 1. The molecule has 6 heteroatoms. The minimum atomic E-state index is -0.915. The van der Waals surface area contributed by atoms with Gasteiger partial charge in [0.15, 0.2) is 0 Å². The molecule has 1 aromatic rings. The van der Waals surface area contributed by atoms with Gasteiger partial charge in [-0.15, -0.1) is 11.3 Å². The molecule has 0 bridgehead atoms. The fourth-order valence-corrected chi connectivity index (χ4v) is 3.18. The van der Waals surface area contributed by atoms with Gasteiger partial charge in [0.25, 0.3) is 5.91 Å². The van der Waals surface area contributed by atoms with Gasteiger partial charge in [-0.2, -0.15) is 0 Å². The molecule has 1 unspecified atom stereocenters. The lowest BCUT2D eigenvalue weighted by Crippen LogP contribution is -2.40. The van der Waals surface area contributed by atoms with Gasteiger partial charge < -0.3 is 10.0 Å². The molecule has 0 aromatic carbocycles. The molecule has 4 nitrogen and oxygen atoms in total. The molecule has 1 aliphatic heterocycles. The topological polar surface area (TPSA) is 57.6 Å². The summed E-state index contributed by atoms with van der Waals surface area (Å²) in [5.74, 6) is -1.10. The second-order valence-corrected chi connectivity index (χ2v) is 6.06. The second kappa shape index (κ2) is 4.55. The summed E-state index contributed by atoms with van der Waals surface area (Å²) in [5.41, 5.74) is 0. The average Bonchev–Trinajstić information content (AvgIpc) is 2.84. The van der Waals surface area contributed by atoms with E-state index in [4.69, 9.17) is 5.11 Å². The van der Waals surface area contributed by atoms with Gasteiger partial charge in [-0.3, -0.25) is 4.79 Å². The van der Waals surface area contributed by atoms with E-state index in [0.29, 0.717) is 17.8 Å². The van der Waals surface area contributed by atoms with Crippen LogP contribution in [0.5, 0.6) is 0 Å². The van der Waals surface area contributed by atoms with Crippen LogP contribution < -0.4 is 0 Å². The highest BCUT2D eigenvalue weighted by Gasteiger charge is 2.34. The Balaban J connectivity index is 2.18. The average molecular weight is 304 g/mol. The van der Waals surface area contributed by atoms with Crippen LogP contribution in [0.3, 0.4) is 0 Å². The van der Waals surface area contributed by atoms with E-state index in [1.165, 1.54) is 16.2 Å². The molecule has 1 saturated heterocycles. The molecule has 1 aliphatic rings. The third-order valence-electron chi connectivity index (χ3n) is 2.58. The van der Waals surface area contributed by atoms with Crippen LogP contribution in [0.15, 0.2) is 15.9 Å². The minimum absolute atomic E-state index is 0.180. The van der Waals surface area contributed by atoms with E-state index in [-0.39, 0.29) is 5.91 Å². The van der Waals surface area contributed by atoms with Gasteiger partial charge in [-0.25, -0.2) is 4.79 Å². The number of carbonyl (C=O) groups excluding carboxylic acids is 1. The largest absolute Gasteiger partial charge is 0.480 e. The van der Waals surface area contributed by atoms with Crippen molar-refractivity contribution >= 4 is 39.1 Å². The summed E-state index contributed by atoms with van der Waals surface area (Å²) < 4.78 is 0.877. The summed E-state index contributed by atoms with van der Waals surface area (Å²) in [6.07, 6.45) is 1.31. The zero-order valence-electron chi connectivity index (χ0n) is 8.35. The SMILES string of the molecule is O=C(O)C1CCCN1C(=O)c1ccc(Br)s1. The predicted octanol–water partition coefficient (Wildman–Crippen LogP) is 2.20. The zero-order chi connectivity index (χ0) is 11.7. The van der Waals surface area contributed by atoms with E-state index >= 15 is 0 Å². The van der Waals surface area contributed by atoms with Crippen LogP contribution in [0.2, 0.25) is 0 Å². The summed E-state index contributed by atoms with van der Waals surface area (Å²) in [7, 11) is 0. The second-order valence-electron chi connectivity index (χ2n) is 3.60. The third-order valence-corrected chi connectivity index (χ3v) is 4.19. The number of carboxylic acids is 1. The van der Waals surface area contributed by atoms with Gasteiger partial charge in [0.05, 0.1) is 8.66 Å². The molecule has 0 radical (unpaired) electrons. The standard InChI is InChI=1S/C10H10BrNO3S/c11-8-4-3-7(16-8)9(13)12-5-1-2-6(12)10(14)15/h3-4,6H,1-2,5H2,(H,14,15). The smallest absolute Gasteiger partial charge is 0.326 e. The molecule has 1 fully saturated rings. The van der Waals surface area contributed by atoms with Crippen LogP contribution in [-0.2, 0) is 4.79 Å². The maximum atomic E-state index is 12.0. The van der Waals surface area contributed by atoms with Gasteiger partial charge in [0.2, 0.25) is 0 Å². The lowest BCUT2D eigenvalue weighted by molar-refractivity contribution is -0.141. The first kappa shape index (κ1) is 11.6. The maximum Gasteiger partial charge on any atom is 0.326 e. The molecule has 0 spiro atoms. The highest BCUT2D eigenvalue weighted by molar-refractivity contribution is 9.11. The van der Waals surface area contributed by atoms with Gasteiger partial charge in [0.1, 0.15) is 6.04 Å². The fraction of sp³-hybridized carbons (Fsp3) is 0.400. The third kappa shape index (κ3) is 2.12. The molecule has 1 atom stereocenters. The predicted molar refractivity (Wildman–Crippen MR) is 63.7 cm³/mol. The summed E-state index contributed by atoms with van der Waals surface area (Å²) in [5, 5.41) is 8.98. The van der Waals surface area contributed by atoms with E-state index in [1.807, 2.05) is 0 Å². The van der Waals surface area contributed by atoms with Crippen LogP contribution >= 0.6 is 27.3 Å². The van der Waals surface area contributed by atoms with Crippen LogP contribution in [0.1, 0.15) is 22.5 Å². The Morgan fingerprint density at radius 1 is 1.50 bits per heavy atom. The first-order chi connectivity index (χ1) is 7.59. The van der Waals surface area contributed by atoms with Crippen molar-refractivity contribution in [3.63, 3.8) is 0 Å². The monoisotopic (exact) mass is 303 g/mol. The Morgan fingerprint density at radius 2 is 2.25 bits per heavy atom. The zero-order valence-corrected chi connectivity index (χ0v) is 10.8. The van der Waals surface area contributed by atoms with Gasteiger partial charge >= 0.3 is 5.97 Å². The fourth-order valence-electron chi connectivity index (χ4n) is 1.84. The van der Waals surface area contributed by atoms with Crippen molar-refractivity contribution in [2.24, 2.45) is 0 Å². The quantitative estimate of drug-likeness (QED) is 0.911. The number of hydrogen-bond acceptors (Lipinski definition) is 3. The van der Waals surface area contributed by atoms with E-state index in [2.05, 4.69) is 15.9 Å². The minimum Gasteiger partial charge on any atom is -0.480 e. The molecule has 1 aromatic heterocycles. The van der Waals surface area contributed by atoms with Crippen molar-refractivity contribution in [3.8, 4) is 0 Å². The number of carboxylic acid groups (broad SMARTS) is 1. The van der Waals surface area contributed by atoms with Crippen LogP contribution in [0, 0.1) is 0 Å². The number of hydrogen-bond donors (Lipinski definition) is 1. The van der Waals surface area contributed by atoms with Crippen molar-refractivity contribution in [2.45, 2.75) is 18.9 Å². The molecular formula is C10H10BrNO3S. The molecule has 1 amide bonds. The number of halogens is 1. The molecule has 16 heavy (non-hydrogen) atoms. The summed E-state index contributed by atoms with van der Waals surface area (Å²) in [4.78, 5) is 25.0. The number of amides is 1. The highest BCUT2D eigenvalue weighted by atomic mass is 79.9. The molecular weight excluding hydrogens is 294 g/mol. The number of nitrogens with zero attached hydrogens (tertiary/aromatic N) is 1. The van der Waals surface area contributed by atoms with Crippen molar-refractivity contribution in [1.29, 1.82) is 0 Å². The lowest BCUT2D eigenvalue weighted by atomic mass is 10.2. The van der Waals surface area contributed by atoms with E-state index in [0.717, 1.165) is 10.2 Å². The van der Waals surface area contributed by atoms with Gasteiger partial charge in [-0.05, 0) is 40.9 Å². The number of aliphatic carboxylic acids is 1. The Labute approximate surface area is 105 Å². The Kier molecular flexibility index (Phi) is 3.30. The highest BCUT2D eigenvalue weighted by Crippen LogP contribution is 2.26. The van der Waals surface area contributed by atoms with Crippen molar-refractivity contribution in [1.82, 2.24) is 4.90 Å². The molecule has 0 saturated carbocycles. The molecule has 2 rings (SSSR count). The Morgan fingerprint density at radius 3 is 2.81 bits per heavy atom.